The van der Waals surface area contributed by atoms with Crippen molar-refractivity contribution in [2.75, 3.05) is 11.9 Å². The van der Waals surface area contributed by atoms with Gasteiger partial charge in [-0.3, -0.25) is 4.79 Å². The van der Waals surface area contributed by atoms with Crippen LogP contribution in [0.2, 0.25) is 0 Å². The highest BCUT2D eigenvalue weighted by atomic mass is 32.2. The number of hydrogen-bond acceptors (Lipinski definition) is 4. The van der Waals surface area contributed by atoms with Crippen LogP contribution < -0.4 is 14.8 Å². The van der Waals surface area contributed by atoms with E-state index in [0.29, 0.717) is 22.7 Å². The van der Waals surface area contributed by atoms with Gasteiger partial charge in [-0.2, -0.15) is 0 Å². The Hall–Kier alpha value is -3.42. The molecule has 0 aliphatic rings. The minimum Gasteiger partial charge on any atom is -0.455 e. The molecule has 0 heterocycles. The van der Waals surface area contributed by atoms with E-state index in [1.807, 2.05) is 36.4 Å². The zero-order valence-electron chi connectivity index (χ0n) is 15.5. The molecule has 0 radical (unpaired) electrons. The number of nitrogens with one attached hydrogen (secondary N) is 2. The summed E-state index contributed by atoms with van der Waals surface area (Å²) >= 11 is 0. The molecule has 1 amide bonds. The van der Waals surface area contributed by atoms with Crippen molar-refractivity contribution in [3.8, 4) is 11.5 Å². The standard InChI is InChI=1S/C22H20N2O4S/c1-2-16-23-29(26,27)19-14-12-17(13-15-19)22(25)24-20-10-6-7-11-21(20)28-18-8-4-3-5-9-18/h2-15,23H,1,16H2,(H,24,25). The number of anilines is 1. The van der Waals surface area contributed by atoms with Crippen LogP contribution in [0.15, 0.2) is 96.4 Å². The maximum absolute atomic E-state index is 12.6. The number of hydrogen-bond donors (Lipinski definition) is 2. The van der Waals surface area contributed by atoms with E-state index in [1.54, 1.807) is 18.2 Å². The molecule has 0 bridgehead atoms. The average molecular weight is 408 g/mol. The molecule has 0 atom stereocenters. The smallest absolute Gasteiger partial charge is 0.255 e. The quantitative estimate of drug-likeness (QED) is 0.547. The molecule has 29 heavy (non-hydrogen) atoms. The van der Waals surface area contributed by atoms with E-state index in [1.165, 1.54) is 30.3 Å². The molecule has 0 aromatic heterocycles. The second kappa shape index (κ2) is 9.18. The molecular weight excluding hydrogens is 388 g/mol. The van der Waals surface area contributed by atoms with E-state index in [9.17, 15) is 13.2 Å². The molecule has 7 heteroatoms. The summed E-state index contributed by atoms with van der Waals surface area (Å²) in [5, 5.41) is 2.80. The monoisotopic (exact) mass is 408 g/mol. The maximum Gasteiger partial charge on any atom is 0.255 e. The molecule has 0 unspecified atom stereocenters. The van der Waals surface area contributed by atoms with Crippen molar-refractivity contribution in [3.05, 3.63) is 97.1 Å². The molecule has 0 spiro atoms. The van der Waals surface area contributed by atoms with Gasteiger partial charge in [0.05, 0.1) is 10.6 Å². The van der Waals surface area contributed by atoms with Crippen LogP contribution in [-0.2, 0) is 10.0 Å². The van der Waals surface area contributed by atoms with Gasteiger partial charge in [0.25, 0.3) is 5.91 Å². The first-order chi connectivity index (χ1) is 14.0. The summed E-state index contributed by atoms with van der Waals surface area (Å²) < 4.78 is 32.4. The Morgan fingerprint density at radius 3 is 2.28 bits per heavy atom. The van der Waals surface area contributed by atoms with Gasteiger partial charge in [-0.25, -0.2) is 13.1 Å². The van der Waals surface area contributed by atoms with Crippen LogP contribution in [0.5, 0.6) is 11.5 Å². The van der Waals surface area contributed by atoms with Gasteiger partial charge in [0.2, 0.25) is 10.0 Å². The lowest BCUT2D eigenvalue weighted by atomic mass is 10.2. The van der Waals surface area contributed by atoms with Gasteiger partial charge in [0, 0.05) is 12.1 Å². The predicted molar refractivity (Wildman–Crippen MR) is 113 cm³/mol. The first kappa shape index (κ1) is 20.3. The van der Waals surface area contributed by atoms with Crippen molar-refractivity contribution in [1.82, 2.24) is 4.72 Å². The third-order valence-corrected chi connectivity index (χ3v) is 5.39. The molecule has 3 rings (SSSR count). The molecule has 0 fully saturated rings. The van der Waals surface area contributed by atoms with Crippen LogP contribution in [0, 0.1) is 0 Å². The summed E-state index contributed by atoms with van der Waals surface area (Å²) in [4.78, 5) is 12.7. The van der Waals surface area contributed by atoms with Crippen LogP contribution >= 0.6 is 0 Å². The van der Waals surface area contributed by atoms with Gasteiger partial charge in [-0.15, -0.1) is 6.58 Å². The number of rotatable bonds is 8. The topological polar surface area (TPSA) is 84.5 Å². The highest BCUT2D eigenvalue weighted by molar-refractivity contribution is 7.89. The Bertz CT molecular complexity index is 1100. The fraction of sp³-hybridized carbons (Fsp3) is 0.0455. The van der Waals surface area contributed by atoms with Gasteiger partial charge >= 0.3 is 0 Å². The highest BCUT2D eigenvalue weighted by Gasteiger charge is 2.15. The first-order valence-corrected chi connectivity index (χ1v) is 10.3. The number of benzene rings is 3. The molecule has 3 aromatic rings. The molecule has 6 nitrogen and oxygen atoms in total. The number of carbonyl (C=O) groups is 1. The number of ether oxygens (including phenoxy) is 1. The highest BCUT2D eigenvalue weighted by Crippen LogP contribution is 2.29. The van der Waals surface area contributed by atoms with Crippen LogP contribution in [0.4, 0.5) is 5.69 Å². The van der Waals surface area contributed by atoms with Crippen LogP contribution in [0.3, 0.4) is 0 Å². The van der Waals surface area contributed by atoms with Crippen LogP contribution in [0.1, 0.15) is 10.4 Å². The third-order valence-electron chi connectivity index (χ3n) is 3.95. The van der Waals surface area contributed by atoms with Gasteiger partial charge in [-0.1, -0.05) is 36.4 Å². The Balaban J connectivity index is 1.75. The molecule has 0 saturated heterocycles. The summed E-state index contributed by atoms with van der Waals surface area (Å²) in [6.07, 6.45) is 1.45. The molecule has 0 saturated carbocycles. The summed E-state index contributed by atoms with van der Waals surface area (Å²) in [6, 6.07) is 22.0. The molecular formula is C22H20N2O4S. The Morgan fingerprint density at radius 2 is 1.59 bits per heavy atom. The van der Waals surface area contributed by atoms with Crippen molar-refractivity contribution in [2.45, 2.75) is 4.90 Å². The largest absolute Gasteiger partial charge is 0.455 e. The number of amides is 1. The van der Waals surface area contributed by atoms with Crippen molar-refractivity contribution >= 4 is 21.6 Å². The Labute approximate surface area is 169 Å². The van der Waals surface area contributed by atoms with E-state index in [2.05, 4.69) is 16.6 Å². The zero-order valence-corrected chi connectivity index (χ0v) is 16.4. The molecule has 0 aliphatic carbocycles. The SMILES string of the molecule is C=CCNS(=O)(=O)c1ccc(C(=O)Nc2ccccc2Oc2ccccc2)cc1. The molecule has 0 aliphatic heterocycles. The lowest BCUT2D eigenvalue weighted by Crippen LogP contribution is -2.23. The summed E-state index contributed by atoms with van der Waals surface area (Å²) in [5.41, 5.74) is 0.827. The van der Waals surface area contributed by atoms with Crippen molar-refractivity contribution in [2.24, 2.45) is 0 Å². The van der Waals surface area contributed by atoms with E-state index in [4.69, 9.17) is 4.74 Å². The Morgan fingerprint density at radius 1 is 0.931 bits per heavy atom. The summed E-state index contributed by atoms with van der Waals surface area (Å²) in [5.74, 6) is 0.771. The van der Waals surface area contributed by atoms with Gasteiger partial charge in [-0.05, 0) is 48.5 Å². The fourth-order valence-electron chi connectivity index (χ4n) is 2.51. The average Bonchev–Trinajstić information content (AvgIpc) is 2.74. The lowest BCUT2D eigenvalue weighted by molar-refractivity contribution is 0.102. The third kappa shape index (κ3) is 5.31. The van der Waals surface area contributed by atoms with Crippen molar-refractivity contribution in [3.63, 3.8) is 0 Å². The molecule has 3 aromatic carbocycles. The summed E-state index contributed by atoms with van der Waals surface area (Å²) in [7, 11) is -3.64. The number of carbonyl (C=O) groups excluding carboxylic acids is 1. The molecule has 148 valence electrons. The maximum atomic E-state index is 12.6. The van der Waals surface area contributed by atoms with E-state index in [-0.39, 0.29) is 17.3 Å². The zero-order chi connectivity index (χ0) is 20.7. The number of sulfonamides is 1. The minimum absolute atomic E-state index is 0.0729. The van der Waals surface area contributed by atoms with Crippen molar-refractivity contribution in [1.29, 1.82) is 0 Å². The Kier molecular flexibility index (Phi) is 6.43. The summed E-state index contributed by atoms with van der Waals surface area (Å²) in [6.45, 7) is 3.61. The normalized spacial score (nSPS) is 10.9. The fourth-order valence-corrected chi connectivity index (χ4v) is 3.50. The van der Waals surface area contributed by atoms with Crippen molar-refractivity contribution < 1.29 is 17.9 Å². The number of para-hydroxylation sites is 3. The van der Waals surface area contributed by atoms with E-state index < -0.39 is 10.0 Å². The van der Waals surface area contributed by atoms with Crippen LogP contribution in [0.25, 0.3) is 0 Å². The minimum atomic E-state index is -3.64. The van der Waals surface area contributed by atoms with Gasteiger partial charge < -0.3 is 10.1 Å². The van der Waals surface area contributed by atoms with Gasteiger partial charge in [0.1, 0.15) is 5.75 Å². The van der Waals surface area contributed by atoms with Crippen LogP contribution in [-0.4, -0.2) is 20.9 Å². The second-order valence-corrected chi connectivity index (χ2v) is 7.80. The van der Waals surface area contributed by atoms with E-state index >= 15 is 0 Å². The predicted octanol–water partition coefficient (Wildman–Crippen LogP) is 4.20. The molecule has 2 N–H and O–H groups in total. The van der Waals surface area contributed by atoms with E-state index in [0.717, 1.165) is 0 Å². The van der Waals surface area contributed by atoms with Gasteiger partial charge in [0.15, 0.2) is 5.75 Å². The first-order valence-electron chi connectivity index (χ1n) is 8.83. The second-order valence-electron chi connectivity index (χ2n) is 6.03. The lowest BCUT2D eigenvalue weighted by Gasteiger charge is -2.12.